The van der Waals surface area contributed by atoms with Gasteiger partial charge in [0, 0.05) is 29.6 Å². The first-order valence-electron chi connectivity index (χ1n) is 10.9. The molecule has 1 aromatic carbocycles. The fraction of sp³-hybridized carbons (Fsp3) is 0.304. The topological polar surface area (TPSA) is 149 Å². The number of aromatic nitrogens is 2. The fourth-order valence-electron chi connectivity index (χ4n) is 3.23. The molecule has 12 nitrogen and oxygen atoms in total. The number of nitro benzene ring substituents is 1. The smallest absolute Gasteiger partial charge is 0.412 e. The minimum atomic E-state index is -0.692. The molecule has 0 spiro atoms. The Bertz CT molecular complexity index is 1230. The second-order valence-electron chi connectivity index (χ2n) is 7.83. The molecule has 2 amide bonds. The van der Waals surface area contributed by atoms with Gasteiger partial charge in [0.2, 0.25) is 5.88 Å². The normalized spacial score (nSPS) is 10.7. The summed E-state index contributed by atoms with van der Waals surface area (Å²) in [5.41, 5.74) is 1.47. The molecular formula is C23H26N6O6S. The first kappa shape index (κ1) is 26.5. The van der Waals surface area contributed by atoms with Crippen LogP contribution in [0, 0.1) is 10.1 Å². The van der Waals surface area contributed by atoms with E-state index in [1.165, 1.54) is 30.6 Å². The molecule has 0 fully saturated rings. The van der Waals surface area contributed by atoms with Crippen molar-refractivity contribution in [2.24, 2.45) is 0 Å². The van der Waals surface area contributed by atoms with Gasteiger partial charge < -0.3 is 19.7 Å². The van der Waals surface area contributed by atoms with E-state index < -0.39 is 16.9 Å². The monoisotopic (exact) mass is 514 g/mol. The van der Waals surface area contributed by atoms with Gasteiger partial charge in [-0.3, -0.25) is 20.2 Å². The molecule has 2 heterocycles. The van der Waals surface area contributed by atoms with Gasteiger partial charge in [0.1, 0.15) is 5.00 Å². The molecule has 0 unspecified atom stereocenters. The number of anilines is 2. The summed E-state index contributed by atoms with van der Waals surface area (Å²) >= 11 is 1.18. The van der Waals surface area contributed by atoms with E-state index >= 15 is 0 Å². The highest BCUT2D eigenvalue weighted by atomic mass is 32.1. The van der Waals surface area contributed by atoms with Gasteiger partial charge in [-0.25, -0.2) is 4.79 Å². The summed E-state index contributed by atoms with van der Waals surface area (Å²) < 4.78 is 10.2. The van der Waals surface area contributed by atoms with Crippen LogP contribution in [0.1, 0.15) is 29.3 Å². The van der Waals surface area contributed by atoms with E-state index in [0.717, 1.165) is 0 Å². The molecule has 3 rings (SSSR count). The third-order valence-electron chi connectivity index (χ3n) is 4.79. The Morgan fingerprint density at radius 3 is 2.39 bits per heavy atom. The maximum atomic E-state index is 13.5. The summed E-state index contributed by atoms with van der Waals surface area (Å²) in [5.74, 6) is -0.0287. The Hall–Kier alpha value is -4.10. The van der Waals surface area contributed by atoms with Crippen LogP contribution in [0.2, 0.25) is 0 Å². The zero-order chi connectivity index (χ0) is 26.2. The van der Waals surface area contributed by atoms with E-state index in [-0.39, 0.29) is 28.7 Å². The average Bonchev–Trinajstić information content (AvgIpc) is 3.20. The Kier molecular flexibility index (Phi) is 8.86. The number of hydrogen-bond donors (Lipinski definition) is 2. The number of nitrogens with zero attached hydrogens (tertiary/aromatic N) is 4. The van der Waals surface area contributed by atoms with Crippen molar-refractivity contribution < 1.29 is 24.0 Å². The summed E-state index contributed by atoms with van der Waals surface area (Å²) in [7, 11) is 5.14. The standard InChI is InChI=1S/C23H26N6O6S/c1-5-12-35-23(31)25-22-19(21(30)24-17-10-11-18(34-4)27-26-17)16(13-28(2)3)20(36-22)14-6-8-15(9-7-14)29(32)33/h6-11H,5,12-13H2,1-4H3,(H,25,31)(H,24,26,30). The SMILES string of the molecule is CCCOC(=O)Nc1sc(-c2ccc([N+](=O)[O-])cc2)c(CN(C)C)c1C(=O)Nc1ccc(OC)nn1. The molecule has 0 aliphatic rings. The third-order valence-corrected chi connectivity index (χ3v) is 5.99. The number of amides is 2. The quantitative estimate of drug-likeness (QED) is 0.297. The number of thiophene rings is 1. The Balaban J connectivity index is 2.08. The van der Waals surface area contributed by atoms with Gasteiger partial charge in [-0.05, 0) is 49.8 Å². The molecular weight excluding hydrogens is 488 g/mol. The molecule has 2 aromatic heterocycles. The van der Waals surface area contributed by atoms with Crippen molar-refractivity contribution in [3.05, 3.63) is 57.6 Å². The molecule has 13 heteroatoms. The maximum absolute atomic E-state index is 13.5. The van der Waals surface area contributed by atoms with Gasteiger partial charge in [-0.2, -0.15) is 0 Å². The maximum Gasteiger partial charge on any atom is 0.412 e. The summed E-state index contributed by atoms with van der Waals surface area (Å²) in [4.78, 5) is 39.0. The highest BCUT2D eigenvalue weighted by Crippen LogP contribution is 2.42. The van der Waals surface area contributed by atoms with E-state index in [4.69, 9.17) is 9.47 Å². The van der Waals surface area contributed by atoms with Crippen LogP contribution in [0.5, 0.6) is 5.88 Å². The van der Waals surface area contributed by atoms with Crippen LogP contribution in [-0.4, -0.2) is 59.8 Å². The molecule has 0 saturated carbocycles. The highest BCUT2D eigenvalue weighted by Gasteiger charge is 2.27. The van der Waals surface area contributed by atoms with Gasteiger partial charge in [0.15, 0.2) is 5.82 Å². The number of benzene rings is 1. The fourth-order valence-corrected chi connectivity index (χ4v) is 4.43. The number of rotatable bonds is 10. The lowest BCUT2D eigenvalue weighted by atomic mass is 10.0. The van der Waals surface area contributed by atoms with Crippen LogP contribution in [-0.2, 0) is 11.3 Å². The predicted molar refractivity (Wildman–Crippen MR) is 136 cm³/mol. The largest absolute Gasteiger partial charge is 0.480 e. The molecule has 0 aliphatic carbocycles. The minimum absolute atomic E-state index is 0.0537. The van der Waals surface area contributed by atoms with E-state index in [9.17, 15) is 19.7 Å². The number of nitro groups is 1. The van der Waals surface area contributed by atoms with Gasteiger partial charge in [-0.15, -0.1) is 21.5 Å². The molecule has 2 N–H and O–H groups in total. The van der Waals surface area contributed by atoms with Gasteiger partial charge in [0.05, 0.1) is 24.2 Å². The van der Waals surface area contributed by atoms with Crippen molar-refractivity contribution in [3.63, 3.8) is 0 Å². The summed E-state index contributed by atoms with van der Waals surface area (Å²) in [5, 5.41) is 24.6. The van der Waals surface area contributed by atoms with Crippen LogP contribution in [0.3, 0.4) is 0 Å². The van der Waals surface area contributed by atoms with Gasteiger partial charge in [-0.1, -0.05) is 6.92 Å². The number of non-ortho nitro benzene ring substituents is 1. The zero-order valence-corrected chi connectivity index (χ0v) is 21.0. The Morgan fingerprint density at radius 1 is 1.11 bits per heavy atom. The molecule has 190 valence electrons. The number of carbonyl (C=O) groups excluding carboxylic acids is 2. The van der Waals surface area contributed by atoms with Crippen LogP contribution < -0.4 is 15.4 Å². The van der Waals surface area contributed by atoms with E-state index in [0.29, 0.717) is 34.8 Å². The number of ether oxygens (including phenoxy) is 2. The van der Waals surface area contributed by atoms with E-state index in [1.54, 1.807) is 24.3 Å². The lowest BCUT2D eigenvalue weighted by Crippen LogP contribution is -2.21. The molecule has 0 atom stereocenters. The van der Waals surface area contributed by atoms with Crippen molar-refractivity contribution >= 4 is 39.8 Å². The number of nitrogens with one attached hydrogen (secondary N) is 2. The summed E-state index contributed by atoms with van der Waals surface area (Å²) in [6.45, 7) is 2.45. The summed E-state index contributed by atoms with van der Waals surface area (Å²) in [6, 6.07) is 9.10. The Labute approximate surface area is 211 Å². The number of hydrogen-bond acceptors (Lipinski definition) is 10. The average molecular weight is 515 g/mol. The molecule has 3 aromatic rings. The van der Waals surface area contributed by atoms with Crippen LogP contribution in [0.4, 0.5) is 21.3 Å². The molecule has 0 saturated heterocycles. The molecule has 0 bridgehead atoms. The number of carbonyl (C=O) groups is 2. The van der Waals surface area contributed by atoms with Crippen LogP contribution in [0.25, 0.3) is 10.4 Å². The van der Waals surface area contributed by atoms with Crippen molar-refractivity contribution in [3.8, 4) is 16.3 Å². The zero-order valence-electron chi connectivity index (χ0n) is 20.2. The first-order valence-corrected chi connectivity index (χ1v) is 11.7. The van der Waals surface area contributed by atoms with Gasteiger partial charge in [0.25, 0.3) is 11.6 Å². The minimum Gasteiger partial charge on any atom is -0.480 e. The van der Waals surface area contributed by atoms with E-state index in [1.807, 2.05) is 25.9 Å². The molecule has 36 heavy (non-hydrogen) atoms. The molecule has 0 aliphatic heterocycles. The van der Waals surface area contributed by atoms with Crippen molar-refractivity contribution in [2.45, 2.75) is 19.9 Å². The Morgan fingerprint density at radius 2 is 1.83 bits per heavy atom. The van der Waals surface area contributed by atoms with Crippen molar-refractivity contribution in [1.29, 1.82) is 0 Å². The van der Waals surface area contributed by atoms with Crippen molar-refractivity contribution in [2.75, 3.05) is 38.4 Å². The van der Waals surface area contributed by atoms with Crippen molar-refractivity contribution in [1.82, 2.24) is 15.1 Å². The highest BCUT2D eigenvalue weighted by molar-refractivity contribution is 7.20. The summed E-state index contributed by atoms with van der Waals surface area (Å²) in [6.07, 6.45) is -0.0515. The second kappa shape index (κ2) is 12.0. The van der Waals surface area contributed by atoms with Gasteiger partial charge >= 0.3 is 6.09 Å². The first-order chi connectivity index (χ1) is 17.2. The second-order valence-corrected chi connectivity index (χ2v) is 8.85. The number of methoxy groups -OCH3 is 1. The van der Waals surface area contributed by atoms with Crippen LogP contribution >= 0.6 is 11.3 Å². The van der Waals surface area contributed by atoms with Crippen LogP contribution in [0.15, 0.2) is 36.4 Å². The third kappa shape index (κ3) is 6.52. The molecule has 0 radical (unpaired) electrons. The lowest BCUT2D eigenvalue weighted by molar-refractivity contribution is -0.384. The van der Waals surface area contributed by atoms with E-state index in [2.05, 4.69) is 20.8 Å². The predicted octanol–water partition coefficient (Wildman–Crippen LogP) is 4.39. The lowest BCUT2D eigenvalue weighted by Gasteiger charge is -2.14.